The van der Waals surface area contributed by atoms with Gasteiger partial charge < -0.3 is 19.2 Å². The van der Waals surface area contributed by atoms with Crippen molar-refractivity contribution in [1.82, 2.24) is 24.3 Å². The Bertz CT molecular complexity index is 726. The van der Waals surface area contributed by atoms with Crippen molar-refractivity contribution in [2.45, 2.75) is 13.0 Å². The molecule has 2 fully saturated rings. The molecule has 0 aromatic carbocycles. The largest absolute Gasteiger partial charge is 0.379 e. The van der Waals surface area contributed by atoms with Gasteiger partial charge in [0.1, 0.15) is 11.5 Å². The summed E-state index contributed by atoms with van der Waals surface area (Å²) in [6.45, 7) is 5.53. The van der Waals surface area contributed by atoms with Crippen molar-refractivity contribution < 1.29 is 9.53 Å². The summed E-state index contributed by atoms with van der Waals surface area (Å²) in [5.74, 6) is 1.14. The third kappa shape index (κ3) is 3.34. The average Bonchev–Trinajstić information content (AvgIpc) is 3.31. The number of aryl methyl sites for hydroxylation is 1. The zero-order chi connectivity index (χ0) is 17.3. The molecule has 0 bridgehead atoms. The summed E-state index contributed by atoms with van der Waals surface area (Å²) in [4.78, 5) is 24.6. The quantitative estimate of drug-likeness (QED) is 0.907. The number of carbonyl (C=O) groups excluding carboxylic acids is 1. The molecule has 0 saturated carbocycles. The van der Waals surface area contributed by atoms with Crippen LogP contribution in [0.4, 0.5) is 0 Å². The smallest absolute Gasteiger partial charge is 0.270 e. The summed E-state index contributed by atoms with van der Waals surface area (Å²) >= 11 is 0. The van der Waals surface area contributed by atoms with Crippen molar-refractivity contribution in [3.05, 3.63) is 42.2 Å². The van der Waals surface area contributed by atoms with Crippen LogP contribution in [0.2, 0.25) is 0 Å². The fraction of sp³-hybridized carbons (Fsp3) is 0.556. The average molecular weight is 343 g/mol. The van der Waals surface area contributed by atoms with E-state index in [0.717, 1.165) is 45.0 Å². The summed E-state index contributed by atoms with van der Waals surface area (Å²) < 4.78 is 7.95. The van der Waals surface area contributed by atoms with E-state index in [2.05, 4.69) is 19.4 Å². The molecule has 2 aromatic heterocycles. The zero-order valence-electron chi connectivity index (χ0n) is 14.6. The highest BCUT2D eigenvalue weighted by molar-refractivity contribution is 5.92. The number of hydrogen-bond donors (Lipinski definition) is 1. The van der Waals surface area contributed by atoms with Gasteiger partial charge in [-0.05, 0) is 25.1 Å². The fourth-order valence-corrected chi connectivity index (χ4v) is 3.96. The number of amides is 1. The van der Waals surface area contributed by atoms with Crippen LogP contribution in [0.5, 0.6) is 0 Å². The molecule has 1 unspecified atom stereocenters. The molecule has 25 heavy (non-hydrogen) atoms. The Kier molecular flexibility index (Phi) is 4.35. The minimum absolute atomic E-state index is 0.0178. The molecule has 1 amide bonds. The van der Waals surface area contributed by atoms with Gasteiger partial charge in [-0.15, -0.1) is 0 Å². The molecule has 1 N–H and O–H groups in total. The molecule has 2 saturated heterocycles. The number of carbonyl (C=O) groups is 1. The molecule has 2 aliphatic heterocycles. The van der Waals surface area contributed by atoms with E-state index in [1.165, 1.54) is 0 Å². The van der Waals surface area contributed by atoms with E-state index in [0.29, 0.717) is 18.8 Å². The number of nitrogens with one attached hydrogen (secondary N) is 1. The number of ether oxygens (including phenoxy) is 1. The van der Waals surface area contributed by atoms with Crippen LogP contribution in [0.3, 0.4) is 0 Å². The Morgan fingerprint density at radius 3 is 3.08 bits per heavy atom. The Labute approximate surface area is 147 Å². The van der Waals surface area contributed by atoms with Crippen LogP contribution < -0.4 is 0 Å². The first kappa shape index (κ1) is 16.4. The van der Waals surface area contributed by atoms with Crippen LogP contribution >= 0.6 is 0 Å². The van der Waals surface area contributed by atoms with Crippen LogP contribution in [0, 0.1) is 5.41 Å². The first-order chi connectivity index (χ1) is 12.2. The third-order valence-electron chi connectivity index (χ3n) is 5.36. The number of nitrogens with zero attached hydrogens (tertiary/aromatic N) is 4. The van der Waals surface area contributed by atoms with Crippen LogP contribution in [0.1, 0.15) is 22.7 Å². The number of aromatic amines is 1. The second kappa shape index (κ2) is 6.65. The van der Waals surface area contributed by atoms with E-state index >= 15 is 0 Å². The predicted octanol–water partition coefficient (Wildman–Crippen LogP) is 1.11. The van der Waals surface area contributed by atoms with E-state index in [4.69, 9.17) is 4.74 Å². The lowest BCUT2D eigenvalue weighted by molar-refractivity contribution is 0.0639. The molecular formula is C18H25N5O2. The minimum atomic E-state index is 0.0178. The zero-order valence-corrected chi connectivity index (χ0v) is 14.6. The van der Waals surface area contributed by atoms with E-state index in [-0.39, 0.29) is 11.3 Å². The lowest BCUT2D eigenvalue weighted by Gasteiger charge is -2.31. The number of likely N-dealkylation sites (tertiary alicyclic amines) is 1. The van der Waals surface area contributed by atoms with Gasteiger partial charge in [0.05, 0.1) is 19.8 Å². The number of H-pyrrole nitrogens is 1. The first-order valence-electron chi connectivity index (χ1n) is 8.84. The highest BCUT2D eigenvalue weighted by atomic mass is 16.5. The van der Waals surface area contributed by atoms with Crippen LogP contribution in [-0.2, 0) is 18.3 Å². The Morgan fingerprint density at radius 1 is 1.40 bits per heavy atom. The highest BCUT2D eigenvalue weighted by Crippen LogP contribution is 2.34. The SMILES string of the molecule is Cn1ccnc1CN1CCC2(COCCN(C(=O)c3ccc[nH]3)C2)C1. The van der Waals surface area contributed by atoms with Gasteiger partial charge in [0.25, 0.3) is 5.91 Å². The third-order valence-corrected chi connectivity index (χ3v) is 5.36. The van der Waals surface area contributed by atoms with Gasteiger partial charge in [0, 0.05) is 50.7 Å². The standard InChI is InChI=1S/C18H25N5O2/c1-21-8-6-20-16(21)11-22-7-4-18(12-22)13-23(9-10-25-14-18)17(24)15-3-2-5-19-15/h2-3,5-6,8,19H,4,7,9-14H2,1H3. The Hall–Kier alpha value is -2.12. The molecule has 1 spiro atoms. The number of rotatable bonds is 3. The Balaban J connectivity index is 1.45. The lowest BCUT2D eigenvalue weighted by Crippen LogP contribution is -2.43. The lowest BCUT2D eigenvalue weighted by atomic mass is 9.87. The van der Waals surface area contributed by atoms with Gasteiger partial charge in [0.15, 0.2) is 0 Å². The normalized spacial score (nSPS) is 24.8. The summed E-state index contributed by atoms with van der Waals surface area (Å²) in [6.07, 6.45) is 6.66. The van der Waals surface area contributed by atoms with Gasteiger partial charge in [-0.2, -0.15) is 0 Å². The molecule has 2 aliphatic rings. The predicted molar refractivity (Wildman–Crippen MR) is 93.1 cm³/mol. The monoisotopic (exact) mass is 343 g/mol. The van der Waals surface area contributed by atoms with Crippen LogP contribution in [0.25, 0.3) is 0 Å². The Morgan fingerprint density at radius 2 is 2.32 bits per heavy atom. The molecule has 7 heteroatoms. The van der Waals surface area contributed by atoms with Crippen LogP contribution in [-0.4, -0.2) is 69.6 Å². The van der Waals surface area contributed by atoms with Crippen molar-refractivity contribution in [2.75, 3.05) is 39.4 Å². The van der Waals surface area contributed by atoms with Crippen molar-refractivity contribution in [3.8, 4) is 0 Å². The molecule has 2 aromatic rings. The fourth-order valence-electron chi connectivity index (χ4n) is 3.96. The second-order valence-corrected chi connectivity index (χ2v) is 7.28. The summed E-state index contributed by atoms with van der Waals surface area (Å²) in [6, 6.07) is 3.70. The van der Waals surface area contributed by atoms with Crippen molar-refractivity contribution in [3.63, 3.8) is 0 Å². The maximum absolute atomic E-state index is 12.7. The van der Waals surface area contributed by atoms with E-state index in [1.807, 2.05) is 36.5 Å². The summed E-state index contributed by atoms with van der Waals surface area (Å²) in [5, 5.41) is 0. The summed E-state index contributed by atoms with van der Waals surface area (Å²) in [7, 11) is 2.03. The van der Waals surface area contributed by atoms with Crippen molar-refractivity contribution in [2.24, 2.45) is 12.5 Å². The van der Waals surface area contributed by atoms with Crippen molar-refractivity contribution >= 4 is 5.91 Å². The number of imidazole rings is 1. The summed E-state index contributed by atoms with van der Waals surface area (Å²) in [5.41, 5.74) is 0.670. The molecule has 134 valence electrons. The molecule has 4 rings (SSSR count). The van der Waals surface area contributed by atoms with Gasteiger partial charge in [-0.1, -0.05) is 0 Å². The van der Waals surface area contributed by atoms with Gasteiger partial charge in [-0.25, -0.2) is 4.98 Å². The topological polar surface area (TPSA) is 66.4 Å². The molecule has 0 aliphatic carbocycles. The molecular weight excluding hydrogens is 318 g/mol. The maximum atomic E-state index is 12.7. The van der Waals surface area contributed by atoms with Gasteiger partial charge >= 0.3 is 0 Å². The molecule has 7 nitrogen and oxygen atoms in total. The number of hydrogen-bond acceptors (Lipinski definition) is 4. The van der Waals surface area contributed by atoms with Crippen LogP contribution in [0.15, 0.2) is 30.7 Å². The van der Waals surface area contributed by atoms with Gasteiger partial charge in [-0.3, -0.25) is 9.69 Å². The van der Waals surface area contributed by atoms with E-state index in [9.17, 15) is 4.79 Å². The van der Waals surface area contributed by atoms with E-state index in [1.54, 1.807) is 6.20 Å². The molecule has 1 atom stereocenters. The van der Waals surface area contributed by atoms with E-state index < -0.39 is 0 Å². The van der Waals surface area contributed by atoms with Crippen molar-refractivity contribution in [1.29, 1.82) is 0 Å². The second-order valence-electron chi connectivity index (χ2n) is 7.28. The first-order valence-corrected chi connectivity index (χ1v) is 8.84. The highest BCUT2D eigenvalue weighted by Gasteiger charge is 2.42. The molecule has 4 heterocycles. The minimum Gasteiger partial charge on any atom is -0.379 e. The van der Waals surface area contributed by atoms with Gasteiger partial charge in [0.2, 0.25) is 0 Å². The maximum Gasteiger partial charge on any atom is 0.270 e. The number of aromatic nitrogens is 3. The molecule has 0 radical (unpaired) electrons.